The average Bonchev–Trinajstić information content (AvgIpc) is 2.65. The summed E-state index contributed by atoms with van der Waals surface area (Å²) in [5.74, 6) is -0.657. The molecule has 1 aliphatic rings. The van der Waals surface area contributed by atoms with Gasteiger partial charge in [-0.25, -0.2) is 4.98 Å². The van der Waals surface area contributed by atoms with Crippen molar-refractivity contribution in [1.82, 2.24) is 10.3 Å². The first kappa shape index (κ1) is 11.8. The monoisotopic (exact) mass is 240 g/mol. The number of hydrogen-bond donors (Lipinski definition) is 2. The second-order valence-corrected chi connectivity index (χ2v) is 3.59. The minimum Gasteiger partial charge on any atom is -0.289 e. The summed E-state index contributed by atoms with van der Waals surface area (Å²) in [5.41, 5.74) is 0. The van der Waals surface area contributed by atoms with Crippen LogP contribution in [0.1, 0.15) is 0 Å². The van der Waals surface area contributed by atoms with Crippen LogP contribution in [0.4, 0.5) is 0 Å². The van der Waals surface area contributed by atoms with E-state index in [0.29, 0.717) is 0 Å². The molecule has 2 rings (SSSR count). The summed E-state index contributed by atoms with van der Waals surface area (Å²) in [7, 11) is 1.35. The van der Waals surface area contributed by atoms with E-state index in [-0.39, 0.29) is 11.8 Å². The first-order chi connectivity index (χ1) is 7.22. The van der Waals surface area contributed by atoms with Crippen LogP contribution in [0.2, 0.25) is 0 Å². The highest BCUT2D eigenvalue weighted by Crippen LogP contribution is 2.16. The number of carbonyl (C=O) groups excluding carboxylic acids is 2. The number of pyridine rings is 1. The lowest BCUT2D eigenvalue weighted by atomic mass is 10.5. The molecule has 78 valence electrons. The van der Waals surface area contributed by atoms with E-state index in [1.54, 1.807) is 6.20 Å². The molecule has 0 spiro atoms. The van der Waals surface area contributed by atoms with Crippen LogP contribution in [-0.4, -0.2) is 16.8 Å². The number of amides is 2. The van der Waals surface area contributed by atoms with E-state index >= 15 is 0 Å². The van der Waals surface area contributed by atoms with Crippen LogP contribution in [0.25, 0.3) is 0 Å². The predicted molar refractivity (Wildman–Crippen MR) is 61.4 cm³/mol. The van der Waals surface area contributed by atoms with Gasteiger partial charge in [-0.15, -0.1) is 11.7 Å². The third-order valence-electron chi connectivity index (χ3n) is 1.36. The van der Waals surface area contributed by atoms with E-state index in [0.717, 1.165) is 5.03 Å². The van der Waals surface area contributed by atoms with Crippen molar-refractivity contribution in [3.63, 3.8) is 0 Å². The van der Waals surface area contributed by atoms with Gasteiger partial charge in [0.05, 0.1) is 0 Å². The Hall–Kier alpha value is -1.27. The molecule has 1 aromatic rings. The third-order valence-corrected chi connectivity index (χ3v) is 2.35. The van der Waals surface area contributed by atoms with Crippen LogP contribution < -0.4 is 5.32 Å². The molecule has 0 saturated carbocycles. The molecule has 1 aromatic heterocycles. The zero-order chi connectivity index (χ0) is 11.1. The van der Waals surface area contributed by atoms with E-state index in [9.17, 15) is 9.59 Å². The molecule has 0 fully saturated rings. The van der Waals surface area contributed by atoms with Crippen molar-refractivity contribution < 1.29 is 9.59 Å². The number of imide groups is 1. The fourth-order valence-electron chi connectivity index (χ4n) is 0.757. The van der Waals surface area contributed by atoms with Crippen molar-refractivity contribution in [2.75, 3.05) is 0 Å². The summed E-state index contributed by atoms with van der Waals surface area (Å²) in [6.45, 7) is 0. The normalized spacial score (nSPS) is 13.1. The Kier molecular flexibility index (Phi) is 4.92. The zero-order valence-corrected chi connectivity index (χ0v) is 9.29. The minimum atomic E-state index is -0.329. The van der Waals surface area contributed by atoms with Crippen molar-refractivity contribution in [2.24, 2.45) is 0 Å². The van der Waals surface area contributed by atoms with Gasteiger partial charge in [0, 0.05) is 18.3 Å². The SMILES string of the molecule is O=C1C=CC(=O)N1.SSc1ccccn1. The molecule has 0 unspecified atom stereocenters. The van der Waals surface area contributed by atoms with Gasteiger partial charge < -0.3 is 0 Å². The molecule has 0 saturated heterocycles. The Morgan fingerprint density at radius 3 is 2.13 bits per heavy atom. The number of rotatable bonds is 1. The van der Waals surface area contributed by atoms with Gasteiger partial charge in [-0.1, -0.05) is 6.07 Å². The van der Waals surface area contributed by atoms with Crippen LogP contribution in [0, 0.1) is 0 Å². The molecular formula is C9H8N2O2S2. The number of carbonyl (C=O) groups is 2. The molecule has 2 amide bonds. The predicted octanol–water partition coefficient (Wildman–Crippen LogP) is 1.22. The molecule has 6 heteroatoms. The molecule has 0 bridgehead atoms. The fourth-order valence-corrected chi connectivity index (χ4v) is 1.33. The Bertz CT molecular complexity index is 363. The summed E-state index contributed by atoms with van der Waals surface area (Å²) in [6.07, 6.45) is 4.14. The van der Waals surface area contributed by atoms with E-state index in [1.807, 2.05) is 23.5 Å². The number of hydrogen-bond acceptors (Lipinski definition) is 5. The number of nitrogens with zero attached hydrogens (tertiary/aromatic N) is 1. The number of nitrogens with one attached hydrogen (secondary N) is 1. The summed E-state index contributed by atoms with van der Waals surface area (Å²) < 4.78 is 0. The quantitative estimate of drug-likeness (QED) is 0.440. The van der Waals surface area contributed by atoms with E-state index in [2.05, 4.69) is 16.6 Å². The third kappa shape index (κ3) is 4.66. The van der Waals surface area contributed by atoms with Crippen LogP contribution in [0.15, 0.2) is 41.6 Å². The lowest BCUT2D eigenvalue weighted by molar-refractivity contribution is -0.123. The summed E-state index contributed by atoms with van der Waals surface area (Å²) in [4.78, 5) is 24.1. The Morgan fingerprint density at radius 2 is 1.87 bits per heavy atom. The van der Waals surface area contributed by atoms with Gasteiger partial charge >= 0.3 is 0 Å². The second kappa shape index (κ2) is 6.26. The maximum atomic E-state index is 10.0. The highest BCUT2D eigenvalue weighted by molar-refractivity contribution is 8.68. The van der Waals surface area contributed by atoms with Gasteiger partial charge in [-0.2, -0.15) is 0 Å². The molecule has 15 heavy (non-hydrogen) atoms. The Labute approximate surface area is 96.0 Å². The average molecular weight is 240 g/mol. The summed E-state index contributed by atoms with van der Waals surface area (Å²) >= 11 is 3.96. The fraction of sp³-hybridized carbons (Fsp3) is 0. The molecule has 0 radical (unpaired) electrons. The standard InChI is InChI=1S/C5H5NS2.C4H3NO2/c7-8-5-3-1-2-4-6-5;6-3-1-2-4(7)5-3/h1-4,7H;1-2H,(H,5,6,7). The zero-order valence-electron chi connectivity index (χ0n) is 7.58. The van der Waals surface area contributed by atoms with Crippen LogP contribution in [0.3, 0.4) is 0 Å². The molecular weight excluding hydrogens is 232 g/mol. The van der Waals surface area contributed by atoms with Crippen LogP contribution >= 0.6 is 22.5 Å². The van der Waals surface area contributed by atoms with Crippen molar-refractivity contribution in [3.05, 3.63) is 36.5 Å². The van der Waals surface area contributed by atoms with Gasteiger partial charge in [0.2, 0.25) is 0 Å². The first-order valence-corrected chi connectivity index (χ1v) is 5.84. The van der Waals surface area contributed by atoms with Crippen molar-refractivity contribution in [3.8, 4) is 0 Å². The minimum absolute atomic E-state index is 0.329. The van der Waals surface area contributed by atoms with E-state index < -0.39 is 0 Å². The highest BCUT2D eigenvalue weighted by atomic mass is 33.1. The number of aromatic nitrogens is 1. The number of thiol groups is 1. The molecule has 0 aromatic carbocycles. The van der Waals surface area contributed by atoms with Gasteiger partial charge in [-0.05, 0) is 22.9 Å². The largest absolute Gasteiger partial charge is 0.289 e. The van der Waals surface area contributed by atoms with Gasteiger partial charge in [0.1, 0.15) is 5.03 Å². The van der Waals surface area contributed by atoms with Crippen molar-refractivity contribution >= 4 is 34.3 Å². The lowest BCUT2D eigenvalue weighted by Gasteiger charge is -1.87. The molecule has 0 aliphatic carbocycles. The molecule has 2 heterocycles. The highest BCUT2D eigenvalue weighted by Gasteiger charge is 2.06. The lowest BCUT2D eigenvalue weighted by Crippen LogP contribution is -2.19. The van der Waals surface area contributed by atoms with Gasteiger partial charge in [0.25, 0.3) is 11.8 Å². The Balaban J connectivity index is 0.000000151. The summed E-state index contributed by atoms with van der Waals surface area (Å²) in [6, 6.07) is 5.73. The first-order valence-electron chi connectivity index (χ1n) is 3.98. The molecule has 1 N–H and O–H groups in total. The second-order valence-electron chi connectivity index (χ2n) is 2.45. The summed E-state index contributed by atoms with van der Waals surface area (Å²) in [5, 5.41) is 2.97. The molecule has 1 aliphatic heterocycles. The van der Waals surface area contributed by atoms with Gasteiger partial charge in [-0.3, -0.25) is 14.9 Å². The van der Waals surface area contributed by atoms with E-state index in [4.69, 9.17) is 0 Å². The van der Waals surface area contributed by atoms with Gasteiger partial charge in [0.15, 0.2) is 0 Å². The molecule has 4 nitrogen and oxygen atoms in total. The maximum absolute atomic E-state index is 10.0. The molecule has 0 atom stereocenters. The van der Waals surface area contributed by atoms with Crippen molar-refractivity contribution in [2.45, 2.75) is 5.03 Å². The Morgan fingerprint density at radius 1 is 1.20 bits per heavy atom. The van der Waals surface area contributed by atoms with E-state index in [1.165, 1.54) is 22.9 Å². The topological polar surface area (TPSA) is 59.1 Å². The maximum Gasteiger partial charge on any atom is 0.250 e. The van der Waals surface area contributed by atoms with Crippen LogP contribution in [-0.2, 0) is 9.59 Å². The van der Waals surface area contributed by atoms with Crippen molar-refractivity contribution in [1.29, 1.82) is 0 Å². The smallest absolute Gasteiger partial charge is 0.250 e. The van der Waals surface area contributed by atoms with Crippen LogP contribution in [0.5, 0.6) is 0 Å².